The zero-order valence-corrected chi connectivity index (χ0v) is 19.4. The fourth-order valence-corrected chi connectivity index (χ4v) is 7.16. The highest BCUT2D eigenvalue weighted by Gasteiger charge is 2.44. The van der Waals surface area contributed by atoms with Crippen LogP contribution in [0, 0.1) is 35.5 Å². The van der Waals surface area contributed by atoms with E-state index in [1.807, 2.05) is 0 Å². The maximum Gasteiger partial charge on any atom is 0.0134 e. The summed E-state index contributed by atoms with van der Waals surface area (Å²) in [6, 6.07) is 2.59. The molecule has 0 N–H and O–H groups in total. The molecule has 3 rings (SSSR count). The first-order valence-electron chi connectivity index (χ1n) is 12.7. The van der Waals surface area contributed by atoms with Crippen molar-refractivity contribution in [2.75, 3.05) is 0 Å². The fourth-order valence-electron chi connectivity index (χ4n) is 7.16. The molecule has 0 aromatic heterocycles. The Labute approximate surface area is 171 Å². The van der Waals surface area contributed by atoms with Gasteiger partial charge in [-0.05, 0) is 74.0 Å². The first-order chi connectivity index (χ1) is 12.9. The van der Waals surface area contributed by atoms with Crippen molar-refractivity contribution in [1.82, 2.24) is 4.90 Å². The Bertz CT molecular complexity index is 403. The largest absolute Gasteiger partial charge is 0.294 e. The second-order valence-electron chi connectivity index (χ2n) is 11.5. The van der Waals surface area contributed by atoms with Crippen molar-refractivity contribution >= 4 is 0 Å². The zero-order valence-electron chi connectivity index (χ0n) is 19.4. The Morgan fingerprint density at radius 3 is 1.44 bits per heavy atom. The molecule has 6 unspecified atom stereocenters. The third-order valence-electron chi connectivity index (χ3n) is 8.74. The van der Waals surface area contributed by atoms with Gasteiger partial charge in [0.1, 0.15) is 0 Å². The molecule has 0 radical (unpaired) electrons. The molecular formula is C26H49N. The lowest BCUT2D eigenvalue weighted by Crippen LogP contribution is -2.59. The second-order valence-corrected chi connectivity index (χ2v) is 11.5. The third kappa shape index (κ3) is 5.12. The summed E-state index contributed by atoms with van der Waals surface area (Å²) in [5, 5.41) is 0. The van der Waals surface area contributed by atoms with Crippen molar-refractivity contribution in [2.24, 2.45) is 35.5 Å². The molecule has 0 bridgehead atoms. The maximum atomic E-state index is 3.22. The van der Waals surface area contributed by atoms with E-state index in [4.69, 9.17) is 0 Å². The van der Waals surface area contributed by atoms with Crippen molar-refractivity contribution in [1.29, 1.82) is 0 Å². The number of hydrogen-bond acceptors (Lipinski definition) is 1. The Morgan fingerprint density at radius 1 is 0.593 bits per heavy atom. The van der Waals surface area contributed by atoms with Crippen LogP contribution in [0.5, 0.6) is 0 Å². The lowest BCUT2D eigenvalue weighted by molar-refractivity contribution is -0.0574. The highest BCUT2D eigenvalue weighted by atomic mass is 15.2. The van der Waals surface area contributed by atoms with Gasteiger partial charge in [-0.1, -0.05) is 73.6 Å². The SMILES string of the molecule is CC1CCC(C(C)C)C(N(C2CCCCC2)C2CC(C)CCC2C(C)C)C1. The van der Waals surface area contributed by atoms with Gasteiger partial charge in [-0.15, -0.1) is 0 Å². The fraction of sp³-hybridized carbons (Fsp3) is 1.00. The summed E-state index contributed by atoms with van der Waals surface area (Å²) in [6.45, 7) is 15.1. The van der Waals surface area contributed by atoms with Gasteiger partial charge < -0.3 is 0 Å². The van der Waals surface area contributed by atoms with Gasteiger partial charge in [0.15, 0.2) is 0 Å². The normalized spacial score (nSPS) is 39.4. The van der Waals surface area contributed by atoms with E-state index in [-0.39, 0.29) is 0 Å². The van der Waals surface area contributed by atoms with Gasteiger partial charge in [-0.25, -0.2) is 0 Å². The summed E-state index contributed by atoms with van der Waals surface area (Å²) in [5.41, 5.74) is 0. The molecular weight excluding hydrogens is 326 g/mol. The average molecular weight is 376 g/mol. The van der Waals surface area contributed by atoms with E-state index in [1.165, 1.54) is 70.6 Å². The summed E-state index contributed by atoms with van der Waals surface area (Å²) in [4.78, 5) is 3.22. The molecule has 0 aromatic carbocycles. The van der Waals surface area contributed by atoms with Crippen molar-refractivity contribution in [3.63, 3.8) is 0 Å². The first kappa shape index (κ1) is 21.7. The topological polar surface area (TPSA) is 3.24 Å². The first-order valence-corrected chi connectivity index (χ1v) is 12.7. The number of nitrogens with zero attached hydrogens (tertiary/aromatic N) is 1. The van der Waals surface area contributed by atoms with E-state index < -0.39 is 0 Å². The van der Waals surface area contributed by atoms with Crippen LogP contribution >= 0.6 is 0 Å². The Hall–Kier alpha value is -0.0400. The van der Waals surface area contributed by atoms with Crippen molar-refractivity contribution in [3.8, 4) is 0 Å². The minimum absolute atomic E-state index is 0.840. The summed E-state index contributed by atoms with van der Waals surface area (Å²) in [6.07, 6.45) is 16.2. The smallest absolute Gasteiger partial charge is 0.0134 e. The van der Waals surface area contributed by atoms with Crippen molar-refractivity contribution in [3.05, 3.63) is 0 Å². The summed E-state index contributed by atoms with van der Waals surface area (Å²) < 4.78 is 0. The second kappa shape index (κ2) is 9.64. The van der Waals surface area contributed by atoms with Crippen LogP contribution in [-0.2, 0) is 0 Å². The molecule has 0 saturated heterocycles. The molecule has 0 spiro atoms. The van der Waals surface area contributed by atoms with E-state index >= 15 is 0 Å². The molecule has 158 valence electrons. The van der Waals surface area contributed by atoms with Gasteiger partial charge in [0.05, 0.1) is 0 Å². The maximum absolute atomic E-state index is 3.22. The van der Waals surface area contributed by atoms with Gasteiger partial charge in [-0.2, -0.15) is 0 Å². The van der Waals surface area contributed by atoms with Crippen LogP contribution in [0.15, 0.2) is 0 Å². The quantitative estimate of drug-likeness (QED) is 0.479. The predicted molar refractivity (Wildman–Crippen MR) is 119 cm³/mol. The third-order valence-corrected chi connectivity index (χ3v) is 8.74. The van der Waals surface area contributed by atoms with Gasteiger partial charge >= 0.3 is 0 Å². The van der Waals surface area contributed by atoms with Crippen LogP contribution in [0.4, 0.5) is 0 Å². The molecule has 0 heterocycles. The minimum atomic E-state index is 0.840. The lowest BCUT2D eigenvalue weighted by atomic mass is 9.68. The van der Waals surface area contributed by atoms with E-state index in [0.29, 0.717) is 0 Å². The van der Waals surface area contributed by atoms with Gasteiger partial charge in [0, 0.05) is 18.1 Å². The average Bonchev–Trinajstić information content (AvgIpc) is 2.62. The Kier molecular flexibility index (Phi) is 7.73. The molecule has 27 heavy (non-hydrogen) atoms. The van der Waals surface area contributed by atoms with Gasteiger partial charge in [0.25, 0.3) is 0 Å². The Balaban J connectivity index is 1.93. The van der Waals surface area contributed by atoms with E-state index in [9.17, 15) is 0 Å². The monoisotopic (exact) mass is 375 g/mol. The van der Waals surface area contributed by atoms with Crippen LogP contribution in [0.3, 0.4) is 0 Å². The van der Waals surface area contributed by atoms with Crippen molar-refractivity contribution < 1.29 is 0 Å². The van der Waals surface area contributed by atoms with E-state index in [2.05, 4.69) is 46.4 Å². The molecule has 3 saturated carbocycles. The molecule has 0 amide bonds. The minimum Gasteiger partial charge on any atom is -0.294 e. The van der Waals surface area contributed by atoms with Gasteiger partial charge in [-0.3, -0.25) is 4.90 Å². The molecule has 1 nitrogen and oxygen atoms in total. The molecule has 0 aliphatic heterocycles. The highest BCUT2D eigenvalue weighted by Crippen LogP contribution is 2.45. The molecule has 1 heteroatoms. The molecule has 3 fully saturated rings. The predicted octanol–water partition coefficient (Wildman–Crippen LogP) is 7.54. The van der Waals surface area contributed by atoms with Crippen LogP contribution in [0.1, 0.15) is 112 Å². The molecule has 0 aromatic rings. The highest BCUT2D eigenvalue weighted by molar-refractivity contribution is 4.98. The standard InChI is InChI=1S/C26H49N/c1-18(2)23-14-12-20(5)16-25(23)27(22-10-8-7-9-11-22)26-17-21(6)13-15-24(26)19(3)4/h18-26H,7-17H2,1-6H3. The lowest BCUT2D eigenvalue weighted by Gasteiger charge is -2.55. The molecule has 6 atom stereocenters. The molecule has 3 aliphatic carbocycles. The van der Waals surface area contributed by atoms with Crippen LogP contribution in [0.25, 0.3) is 0 Å². The Morgan fingerprint density at radius 2 is 1.04 bits per heavy atom. The van der Waals surface area contributed by atoms with Crippen LogP contribution in [0.2, 0.25) is 0 Å². The number of rotatable bonds is 5. The zero-order chi connectivity index (χ0) is 19.6. The summed E-state index contributed by atoms with van der Waals surface area (Å²) >= 11 is 0. The van der Waals surface area contributed by atoms with E-state index in [1.54, 1.807) is 0 Å². The van der Waals surface area contributed by atoms with E-state index in [0.717, 1.165) is 53.6 Å². The molecule has 3 aliphatic rings. The van der Waals surface area contributed by atoms with Crippen LogP contribution < -0.4 is 0 Å². The number of hydrogen-bond donors (Lipinski definition) is 0. The van der Waals surface area contributed by atoms with Crippen molar-refractivity contribution in [2.45, 2.75) is 130 Å². The summed E-state index contributed by atoms with van der Waals surface area (Å²) in [5.74, 6) is 5.38. The summed E-state index contributed by atoms with van der Waals surface area (Å²) in [7, 11) is 0. The van der Waals surface area contributed by atoms with Gasteiger partial charge in [0.2, 0.25) is 0 Å². The van der Waals surface area contributed by atoms with Crippen LogP contribution in [-0.4, -0.2) is 23.0 Å².